The van der Waals surface area contributed by atoms with Crippen molar-refractivity contribution in [1.82, 2.24) is 24.5 Å². The van der Waals surface area contributed by atoms with Crippen LogP contribution in [0.3, 0.4) is 0 Å². The minimum absolute atomic E-state index is 0.0231. The Bertz CT molecular complexity index is 1620. The molecule has 1 aliphatic rings. The third-order valence-corrected chi connectivity index (χ3v) is 7.36. The molecule has 0 unspecified atom stereocenters. The lowest BCUT2D eigenvalue weighted by Gasteiger charge is -2.31. The maximum Gasteiger partial charge on any atom is 0.308 e. The van der Waals surface area contributed by atoms with Gasteiger partial charge in [0.15, 0.2) is 0 Å². The number of nitrogens with zero attached hydrogens (tertiary/aromatic N) is 6. The first-order valence-corrected chi connectivity index (χ1v) is 12.6. The summed E-state index contributed by atoms with van der Waals surface area (Å²) >= 11 is 0. The Kier molecular flexibility index (Phi) is 5.67. The van der Waals surface area contributed by atoms with E-state index < -0.39 is 0 Å². The van der Waals surface area contributed by atoms with Gasteiger partial charge in [-0.15, -0.1) is 0 Å². The summed E-state index contributed by atoms with van der Waals surface area (Å²) in [5, 5.41) is 11.9. The molecule has 3 aromatic heterocycles. The lowest BCUT2D eigenvalue weighted by atomic mass is 9.97. The summed E-state index contributed by atoms with van der Waals surface area (Å²) in [7, 11) is 3.40. The van der Waals surface area contributed by atoms with E-state index in [4.69, 9.17) is 14.8 Å². The SMILES string of the molecule is COC(=O)C1CCN(c2ccc(-n3nc(-c4cccc5nn(C)cc45)c4cc(C)cc(C)c43)cn2)CC1. The van der Waals surface area contributed by atoms with Crippen molar-refractivity contribution in [2.75, 3.05) is 25.1 Å². The summed E-state index contributed by atoms with van der Waals surface area (Å²) in [6, 6.07) is 14.7. The number of anilines is 1. The summed E-state index contributed by atoms with van der Waals surface area (Å²) in [5.41, 5.74) is 7.32. The zero-order valence-electron chi connectivity index (χ0n) is 21.6. The van der Waals surface area contributed by atoms with Crippen molar-refractivity contribution in [3.63, 3.8) is 0 Å². The Labute approximate surface area is 215 Å². The number of aryl methyl sites for hydroxylation is 3. The van der Waals surface area contributed by atoms with Crippen molar-refractivity contribution in [3.8, 4) is 16.9 Å². The fourth-order valence-electron chi connectivity index (χ4n) is 5.58. The molecule has 1 fully saturated rings. The molecule has 8 nitrogen and oxygen atoms in total. The first-order valence-electron chi connectivity index (χ1n) is 12.6. The second kappa shape index (κ2) is 9.03. The van der Waals surface area contributed by atoms with E-state index in [1.807, 2.05) is 40.8 Å². The van der Waals surface area contributed by atoms with Crippen LogP contribution in [-0.4, -0.2) is 50.7 Å². The maximum absolute atomic E-state index is 11.9. The Balaban J connectivity index is 1.40. The summed E-state index contributed by atoms with van der Waals surface area (Å²) in [5.74, 6) is 0.776. The van der Waals surface area contributed by atoms with Gasteiger partial charge >= 0.3 is 5.97 Å². The molecule has 0 N–H and O–H groups in total. The molecule has 0 aliphatic carbocycles. The smallest absolute Gasteiger partial charge is 0.308 e. The molecule has 0 saturated carbocycles. The van der Waals surface area contributed by atoms with Crippen molar-refractivity contribution in [3.05, 3.63) is 66.0 Å². The number of pyridine rings is 1. The molecule has 37 heavy (non-hydrogen) atoms. The third-order valence-electron chi connectivity index (χ3n) is 7.36. The molecular formula is C29H30N6O2. The number of ether oxygens (including phenoxy) is 1. The van der Waals surface area contributed by atoms with Gasteiger partial charge in [-0.2, -0.15) is 10.2 Å². The molecule has 1 saturated heterocycles. The van der Waals surface area contributed by atoms with Crippen LogP contribution < -0.4 is 4.90 Å². The quantitative estimate of drug-likeness (QED) is 0.328. The minimum Gasteiger partial charge on any atom is -0.469 e. The van der Waals surface area contributed by atoms with Gasteiger partial charge in [-0.1, -0.05) is 23.8 Å². The van der Waals surface area contributed by atoms with Crippen LogP contribution in [0.15, 0.2) is 54.9 Å². The van der Waals surface area contributed by atoms with Gasteiger partial charge in [-0.05, 0) is 56.5 Å². The molecule has 0 bridgehead atoms. The van der Waals surface area contributed by atoms with Crippen molar-refractivity contribution in [2.24, 2.45) is 13.0 Å². The number of fused-ring (bicyclic) bond motifs is 2. The highest BCUT2D eigenvalue weighted by Gasteiger charge is 2.26. The molecule has 4 heterocycles. The molecular weight excluding hydrogens is 464 g/mol. The molecule has 188 valence electrons. The van der Waals surface area contributed by atoms with Gasteiger partial charge in [-0.3, -0.25) is 9.48 Å². The Morgan fingerprint density at radius 1 is 1.03 bits per heavy atom. The van der Waals surface area contributed by atoms with E-state index in [2.05, 4.69) is 54.3 Å². The van der Waals surface area contributed by atoms with Crippen LogP contribution in [0, 0.1) is 19.8 Å². The molecule has 0 radical (unpaired) electrons. The van der Waals surface area contributed by atoms with Gasteiger partial charge in [0, 0.05) is 42.7 Å². The number of carbonyl (C=O) groups is 1. The standard InChI is InChI=1S/C29H30N6O2/c1-18-14-19(2)28-23(15-18)27(22-6-5-7-25-24(22)17-33(3)31-25)32-35(28)21-8-9-26(30-16-21)34-12-10-20(11-13-34)29(36)37-4/h5-9,14-17,20H,10-13H2,1-4H3. The average Bonchev–Trinajstić information content (AvgIpc) is 3.48. The molecule has 6 rings (SSSR count). The fraction of sp³-hybridized carbons (Fsp3) is 0.310. The molecule has 8 heteroatoms. The van der Waals surface area contributed by atoms with Gasteiger partial charge in [0.25, 0.3) is 0 Å². The predicted octanol–water partition coefficient (Wildman–Crippen LogP) is 4.98. The Morgan fingerprint density at radius 3 is 2.57 bits per heavy atom. The topological polar surface area (TPSA) is 78.1 Å². The first kappa shape index (κ1) is 23.2. The molecule has 1 aliphatic heterocycles. The van der Waals surface area contributed by atoms with E-state index in [0.29, 0.717) is 0 Å². The molecule has 5 aromatic rings. The van der Waals surface area contributed by atoms with Gasteiger partial charge in [0.2, 0.25) is 0 Å². The lowest BCUT2D eigenvalue weighted by molar-refractivity contribution is -0.146. The largest absolute Gasteiger partial charge is 0.469 e. The zero-order chi connectivity index (χ0) is 25.7. The van der Waals surface area contributed by atoms with Crippen LogP contribution in [0.1, 0.15) is 24.0 Å². The van der Waals surface area contributed by atoms with E-state index in [-0.39, 0.29) is 11.9 Å². The number of hydrogen-bond donors (Lipinski definition) is 0. The second-order valence-corrected chi connectivity index (χ2v) is 9.94. The van der Waals surface area contributed by atoms with E-state index >= 15 is 0 Å². The summed E-state index contributed by atoms with van der Waals surface area (Å²) in [4.78, 5) is 18.9. The monoisotopic (exact) mass is 494 g/mol. The van der Waals surface area contributed by atoms with Crippen LogP contribution in [0.2, 0.25) is 0 Å². The van der Waals surface area contributed by atoms with Crippen molar-refractivity contribution < 1.29 is 9.53 Å². The number of piperidine rings is 1. The third kappa shape index (κ3) is 4.02. The van der Waals surface area contributed by atoms with Crippen LogP contribution in [0.4, 0.5) is 5.82 Å². The predicted molar refractivity (Wildman–Crippen MR) is 145 cm³/mol. The molecule has 2 aromatic carbocycles. The average molecular weight is 495 g/mol. The highest BCUT2D eigenvalue weighted by Crippen LogP contribution is 2.36. The van der Waals surface area contributed by atoms with Crippen molar-refractivity contribution in [2.45, 2.75) is 26.7 Å². The summed E-state index contributed by atoms with van der Waals surface area (Å²) < 4.78 is 8.78. The Hall–Kier alpha value is -4.20. The van der Waals surface area contributed by atoms with Gasteiger partial charge in [-0.25, -0.2) is 9.67 Å². The van der Waals surface area contributed by atoms with E-state index in [9.17, 15) is 4.79 Å². The lowest BCUT2D eigenvalue weighted by Crippen LogP contribution is -2.37. The minimum atomic E-state index is -0.114. The van der Waals surface area contributed by atoms with Gasteiger partial charge < -0.3 is 9.64 Å². The van der Waals surface area contributed by atoms with Crippen LogP contribution in [-0.2, 0) is 16.6 Å². The van der Waals surface area contributed by atoms with Crippen LogP contribution >= 0.6 is 0 Å². The molecule has 0 atom stereocenters. The number of carbonyl (C=O) groups excluding carboxylic acids is 1. The van der Waals surface area contributed by atoms with Crippen LogP contribution in [0.5, 0.6) is 0 Å². The van der Waals surface area contributed by atoms with Crippen molar-refractivity contribution in [1.29, 1.82) is 0 Å². The highest BCUT2D eigenvalue weighted by molar-refractivity contribution is 6.03. The van der Waals surface area contributed by atoms with E-state index in [0.717, 1.165) is 70.5 Å². The Morgan fingerprint density at radius 2 is 1.84 bits per heavy atom. The number of methoxy groups -OCH3 is 1. The van der Waals surface area contributed by atoms with Gasteiger partial charge in [0.1, 0.15) is 11.5 Å². The van der Waals surface area contributed by atoms with Crippen LogP contribution in [0.25, 0.3) is 38.8 Å². The van der Waals surface area contributed by atoms with Gasteiger partial charge in [0.05, 0.1) is 35.9 Å². The first-order chi connectivity index (χ1) is 17.9. The molecule has 0 spiro atoms. The second-order valence-electron chi connectivity index (χ2n) is 9.94. The normalized spacial score (nSPS) is 14.5. The number of esters is 1. The number of rotatable bonds is 4. The highest BCUT2D eigenvalue weighted by atomic mass is 16.5. The van der Waals surface area contributed by atoms with E-state index in [1.165, 1.54) is 18.2 Å². The maximum atomic E-state index is 11.9. The summed E-state index contributed by atoms with van der Waals surface area (Å²) in [6.07, 6.45) is 5.50. The number of hydrogen-bond acceptors (Lipinski definition) is 6. The zero-order valence-corrected chi connectivity index (χ0v) is 21.6. The fourth-order valence-corrected chi connectivity index (χ4v) is 5.58. The van der Waals surface area contributed by atoms with E-state index in [1.54, 1.807) is 0 Å². The molecule has 0 amide bonds. The number of aromatic nitrogens is 5. The summed E-state index contributed by atoms with van der Waals surface area (Å²) in [6.45, 7) is 5.83. The number of benzene rings is 2. The van der Waals surface area contributed by atoms with Crippen molar-refractivity contribution >= 4 is 33.6 Å².